The molecule has 25 heavy (non-hydrogen) atoms. The number of hydrogen-bond donors (Lipinski definition) is 3. The summed E-state index contributed by atoms with van der Waals surface area (Å²) in [5, 5.41) is 23.3. The lowest BCUT2D eigenvalue weighted by Gasteiger charge is -2.08. The smallest absolute Gasteiger partial charge is 0.277 e. The predicted octanol–water partition coefficient (Wildman–Crippen LogP) is 4.22. The second kappa shape index (κ2) is 8.68. The predicted molar refractivity (Wildman–Crippen MR) is 105 cm³/mol. The quantitative estimate of drug-likeness (QED) is 0.394. The monoisotopic (exact) mass is 534 g/mol. The van der Waals surface area contributed by atoms with Gasteiger partial charge < -0.3 is 14.9 Å². The largest absolute Gasteiger partial charge is 0.506 e. The van der Waals surface area contributed by atoms with Crippen LogP contribution in [0.1, 0.15) is 11.1 Å². The molecule has 0 aliphatic heterocycles. The van der Waals surface area contributed by atoms with Crippen LogP contribution in [0.25, 0.3) is 0 Å². The lowest BCUT2D eigenvalue weighted by atomic mass is 10.2. The molecule has 132 valence electrons. The number of halogens is 3. The molecule has 9 heteroatoms. The van der Waals surface area contributed by atoms with Crippen LogP contribution in [0.5, 0.6) is 17.2 Å². The van der Waals surface area contributed by atoms with Gasteiger partial charge >= 0.3 is 0 Å². The molecule has 0 aliphatic carbocycles. The van der Waals surface area contributed by atoms with Gasteiger partial charge in [-0.2, -0.15) is 5.10 Å². The lowest BCUT2D eigenvalue weighted by Crippen LogP contribution is -2.24. The van der Waals surface area contributed by atoms with Gasteiger partial charge in [0.25, 0.3) is 5.91 Å². The second-order valence-electron chi connectivity index (χ2n) is 4.97. The Balaban J connectivity index is 1.95. The number of carbonyl (C=O) groups excluding carboxylic acids is 1. The molecule has 0 unspecified atom stereocenters. The van der Waals surface area contributed by atoms with Crippen LogP contribution in [0.4, 0.5) is 0 Å². The van der Waals surface area contributed by atoms with E-state index in [0.717, 1.165) is 10.0 Å². The van der Waals surface area contributed by atoms with Crippen LogP contribution in [0.15, 0.2) is 42.8 Å². The molecule has 2 aromatic carbocycles. The molecule has 0 aromatic heterocycles. The Bertz CT molecular complexity index is 841. The van der Waals surface area contributed by atoms with Gasteiger partial charge in [-0.1, -0.05) is 6.07 Å². The summed E-state index contributed by atoms with van der Waals surface area (Å²) in [6.07, 6.45) is 1.25. The molecular weight excluding hydrogens is 524 g/mol. The third-order valence-electron chi connectivity index (χ3n) is 3.04. The van der Waals surface area contributed by atoms with Crippen molar-refractivity contribution in [2.24, 2.45) is 5.10 Å². The fraction of sp³-hybridized carbons (Fsp3) is 0.125. The van der Waals surface area contributed by atoms with Gasteiger partial charge in [0.15, 0.2) is 6.61 Å². The normalized spacial score (nSPS) is 10.9. The molecule has 0 heterocycles. The highest BCUT2D eigenvalue weighted by atomic mass is 79.9. The zero-order chi connectivity index (χ0) is 18.6. The maximum absolute atomic E-state index is 11.8. The summed E-state index contributed by atoms with van der Waals surface area (Å²) in [4.78, 5) is 11.8. The molecule has 2 rings (SSSR count). The molecule has 1 amide bonds. The summed E-state index contributed by atoms with van der Waals surface area (Å²) in [5.41, 5.74) is 3.67. The number of nitrogens with one attached hydrogen (secondary N) is 1. The maximum Gasteiger partial charge on any atom is 0.277 e. The average molecular weight is 537 g/mol. The van der Waals surface area contributed by atoms with Crippen molar-refractivity contribution in [3.63, 3.8) is 0 Å². The SMILES string of the molecule is Cc1ccc(OCC(=O)N/N=C\c2cc(Br)c(O)c(Br)c2O)c(Br)c1. The number of phenols is 2. The van der Waals surface area contributed by atoms with Crippen LogP contribution in [-0.4, -0.2) is 28.9 Å². The Labute approximate surface area is 169 Å². The van der Waals surface area contributed by atoms with E-state index in [1.54, 1.807) is 6.07 Å². The van der Waals surface area contributed by atoms with Crippen LogP contribution < -0.4 is 10.2 Å². The van der Waals surface area contributed by atoms with Gasteiger partial charge in [0, 0.05) is 5.56 Å². The zero-order valence-electron chi connectivity index (χ0n) is 12.9. The van der Waals surface area contributed by atoms with Crippen LogP contribution in [0.2, 0.25) is 0 Å². The highest BCUT2D eigenvalue weighted by molar-refractivity contribution is 9.11. The van der Waals surface area contributed by atoms with Gasteiger partial charge in [-0.05, 0) is 78.5 Å². The molecule has 0 saturated heterocycles. The topological polar surface area (TPSA) is 91.2 Å². The fourth-order valence-electron chi connectivity index (χ4n) is 1.79. The summed E-state index contributed by atoms with van der Waals surface area (Å²) < 4.78 is 6.66. The van der Waals surface area contributed by atoms with E-state index in [-0.39, 0.29) is 22.6 Å². The summed E-state index contributed by atoms with van der Waals surface area (Å²) in [5.74, 6) is -0.233. The van der Waals surface area contributed by atoms with Gasteiger partial charge in [0.05, 0.1) is 15.2 Å². The molecule has 3 N–H and O–H groups in total. The molecule has 0 spiro atoms. The Morgan fingerprint density at radius 1 is 1.20 bits per heavy atom. The van der Waals surface area contributed by atoms with E-state index in [1.165, 1.54) is 12.3 Å². The first-order valence-corrected chi connectivity index (χ1v) is 9.28. The van der Waals surface area contributed by atoms with E-state index < -0.39 is 5.91 Å². The summed E-state index contributed by atoms with van der Waals surface area (Å²) in [7, 11) is 0. The molecule has 0 fully saturated rings. The first-order chi connectivity index (χ1) is 11.8. The fourth-order valence-corrected chi connectivity index (χ4v) is 3.55. The minimum Gasteiger partial charge on any atom is -0.506 e. The van der Waals surface area contributed by atoms with Gasteiger partial charge in [0.2, 0.25) is 0 Å². The number of hydrogen-bond acceptors (Lipinski definition) is 5. The first kappa shape index (κ1) is 19.7. The Kier molecular flexibility index (Phi) is 6.86. The molecule has 2 aromatic rings. The minimum atomic E-state index is -0.458. The van der Waals surface area contributed by atoms with Crippen molar-refractivity contribution in [1.29, 1.82) is 0 Å². The Morgan fingerprint density at radius 2 is 1.92 bits per heavy atom. The van der Waals surface area contributed by atoms with E-state index >= 15 is 0 Å². The lowest BCUT2D eigenvalue weighted by molar-refractivity contribution is -0.123. The minimum absolute atomic E-state index is 0.127. The molecule has 0 saturated carbocycles. The summed E-state index contributed by atoms with van der Waals surface area (Å²) in [6, 6.07) is 6.98. The third kappa shape index (κ3) is 5.20. The molecule has 0 aliphatic rings. The van der Waals surface area contributed by atoms with Crippen molar-refractivity contribution in [3.8, 4) is 17.2 Å². The van der Waals surface area contributed by atoms with Crippen molar-refractivity contribution in [1.82, 2.24) is 5.43 Å². The number of hydrazone groups is 1. The maximum atomic E-state index is 11.8. The number of aromatic hydroxyl groups is 2. The van der Waals surface area contributed by atoms with E-state index in [0.29, 0.717) is 15.8 Å². The van der Waals surface area contributed by atoms with E-state index in [4.69, 9.17) is 4.74 Å². The molecular formula is C16H13Br3N2O4. The number of rotatable bonds is 5. The zero-order valence-corrected chi connectivity index (χ0v) is 17.6. The Morgan fingerprint density at radius 3 is 2.60 bits per heavy atom. The van der Waals surface area contributed by atoms with Crippen molar-refractivity contribution in [3.05, 3.63) is 48.8 Å². The van der Waals surface area contributed by atoms with E-state index in [1.807, 2.05) is 19.1 Å². The highest BCUT2D eigenvalue weighted by Gasteiger charge is 2.13. The van der Waals surface area contributed by atoms with Crippen LogP contribution in [0.3, 0.4) is 0 Å². The van der Waals surface area contributed by atoms with Crippen LogP contribution >= 0.6 is 47.8 Å². The second-order valence-corrected chi connectivity index (χ2v) is 7.48. The average Bonchev–Trinajstić information content (AvgIpc) is 2.56. The number of aryl methyl sites for hydroxylation is 1. The number of amides is 1. The van der Waals surface area contributed by atoms with Crippen molar-refractivity contribution in [2.45, 2.75) is 6.92 Å². The Hall–Kier alpha value is -1.58. The molecule has 0 atom stereocenters. The standard InChI is InChI=1S/C16H13Br3N2O4/c1-8-2-3-12(10(17)4-8)25-7-13(22)21-20-6-9-5-11(18)16(24)14(19)15(9)23/h2-6,23-24H,7H2,1H3,(H,21,22)/b20-6-. The molecule has 0 bridgehead atoms. The van der Waals surface area contributed by atoms with Gasteiger partial charge in [-0.3, -0.25) is 4.79 Å². The number of phenolic OH excluding ortho intramolecular Hbond substituents is 2. The van der Waals surface area contributed by atoms with Crippen molar-refractivity contribution >= 4 is 59.9 Å². The van der Waals surface area contributed by atoms with Crippen molar-refractivity contribution < 1.29 is 19.7 Å². The molecule has 6 nitrogen and oxygen atoms in total. The van der Waals surface area contributed by atoms with Gasteiger partial charge in [0.1, 0.15) is 21.7 Å². The van der Waals surface area contributed by atoms with Crippen LogP contribution in [0, 0.1) is 6.92 Å². The van der Waals surface area contributed by atoms with Gasteiger partial charge in [-0.15, -0.1) is 0 Å². The number of benzene rings is 2. The van der Waals surface area contributed by atoms with Gasteiger partial charge in [-0.25, -0.2) is 5.43 Å². The molecule has 0 radical (unpaired) electrons. The number of nitrogens with zero attached hydrogens (tertiary/aromatic N) is 1. The highest BCUT2D eigenvalue weighted by Crippen LogP contribution is 2.40. The number of carbonyl (C=O) groups is 1. The van der Waals surface area contributed by atoms with Crippen molar-refractivity contribution in [2.75, 3.05) is 6.61 Å². The number of ether oxygens (including phenoxy) is 1. The first-order valence-electron chi connectivity index (χ1n) is 6.90. The third-order valence-corrected chi connectivity index (χ3v) is 5.01. The van der Waals surface area contributed by atoms with E-state index in [2.05, 4.69) is 58.3 Å². The van der Waals surface area contributed by atoms with E-state index in [9.17, 15) is 15.0 Å². The summed E-state index contributed by atoms with van der Waals surface area (Å²) >= 11 is 9.57. The van der Waals surface area contributed by atoms with Crippen LogP contribution in [-0.2, 0) is 4.79 Å². The summed E-state index contributed by atoms with van der Waals surface area (Å²) in [6.45, 7) is 1.74.